The van der Waals surface area contributed by atoms with Crippen LogP contribution in [0.5, 0.6) is 0 Å². The van der Waals surface area contributed by atoms with Gasteiger partial charge >= 0.3 is 11.9 Å². The molecule has 0 fully saturated rings. The van der Waals surface area contributed by atoms with E-state index in [2.05, 4.69) is 38.2 Å². The van der Waals surface area contributed by atoms with E-state index in [1.54, 1.807) is 6.92 Å². The molecule has 0 aromatic heterocycles. The Labute approximate surface area is 333 Å². The standard InChI is InChI=1S/C45H85NO5.BrH/c1-5-7-9-11-13-15-17-19-21-23-25-27-29-31-33-37-42(48)50-41-45(4,44(3,46)39-35-36-40-47)51-43(49)38-34-32-30-28-26-24-22-20-18-16-14-12-10-8-6-2;/h19-22,47H,5-18,23-41,46H2,1-4H3;1H/b21-19-,22-20-;. The predicted octanol–water partition coefficient (Wildman–Crippen LogP) is 13.4. The molecule has 0 bridgehead atoms. The van der Waals surface area contributed by atoms with Gasteiger partial charge in [0, 0.05) is 19.4 Å². The second-order valence-corrected chi connectivity index (χ2v) is 15.6. The Morgan fingerprint density at radius 1 is 0.538 bits per heavy atom. The maximum Gasteiger partial charge on any atom is 0.306 e. The Balaban J connectivity index is 0. The van der Waals surface area contributed by atoms with Crippen molar-refractivity contribution in [2.24, 2.45) is 5.73 Å². The summed E-state index contributed by atoms with van der Waals surface area (Å²) >= 11 is 0. The molecule has 0 aromatic rings. The Bertz CT molecular complexity index is 861. The molecule has 0 aliphatic heterocycles. The van der Waals surface area contributed by atoms with Crippen molar-refractivity contribution >= 4 is 28.9 Å². The maximum atomic E-state index is 13.0. The molecular formula is C45H86BrNO5. The predicted molar refractivity (Wildman–Crippen MR) is 228 cm³/mol. The van der Waals surface area contributed by atoms with Crippen LogP contribution in [-0.2, 0) is 19.1 Å². The van der Waals surface area contributed by atoms with Crippen molar-refractivity contribution in [3.63, 3.8) is 0 Å². The van der Waals surface area contributed by atoms with Crippen LogP contribution in [0, 0.1) is 0 Å². The molecule has 2 atom stereocenters. The Morgan fingerprint density at radius 2 is 0.904 bits per heavy atom. The summed E-state index contributed by atoms with van der Waals surface area (Å²) in [7, 11) is 0. The number of hydrogen-bond acceptors (Lipinski definition) is 6. The molecule has 0 rings (SSSR count). The van der Waals surface area contributed by atoms with Gasteiger partial charge in [-0.2, -0.15) is 0 Å². The van der Waals surface area contributed by atoms with Crippen molar-refractivity contribution in [2.45, 2.75) is 238 Å². The first-order chi connectivity index (χ1) is 24.7. The number of carbonyl (C=O) groups is 2. The van der Waals surface area contributed by atoms with Crippen LogP contribution in [-0.4, -0.2) is 41.4 Å². The number of rotatable bonds is 38. The van der Waals surface area contributed by atoms with E-state index in [1.165, 1.54) is 116 Å². The number of esters is 2. The lowest BCUT2D eigenvalue weighted by atomic mass is 9.79. The molecule has 2 unspecified atom stereocenters. The second kappa shape index (κ2) is 38.1. The molecule has 0 amide bonds. The van der Waals surface area contributed by atoms with Crippen molar-refractivity contribution in [1.82, 2.24) is 0 Å². The molecule has 0 aromatic carbocycles. The quantitative estimate of drug-likeness (QED) is 0.0366. The van der Waals surface area contributed by atoms with Crippen LogP contribution in [0.4, 0.5) is 0 Å². The van der Waals surface area contributed by atoms with Crippen molar-refractivity contribution in [3.8, 4) is 0 Å². The van der Waals surface area contributed by atoms with E-state index in [1.807, 2.05) is 6.92 Å². The number of hydrogen-bond donors (Lipinski definition) is 2. The van der Waals surface area contributed by atoms with Crippen LogP contribution in [0.25, 0.3) is 0 Å². The van der Waals surface area contributed by atoms with Gasteiger partial charge in [-0.25, -0.2) is 0 Å². The van der Waals surface area contributed by atoms with Gasteiger partial charge in [-0.05, 0) is 97.3 Å². The monoisotopic (exact) mass is 800 g/mol. The highest BCUT2D eigenvalue weighted by atomic mass is 79.9. The number of halogens is 1. The number of carbonyl (C=O) groups excluding carboxylic acids is 2. The van der Waals surface area contributed by atoms with Gasteiger partial charge in [0.25, 0.3) is 0 Å². The smallest absolute Gasteiger partial charge is 0.306 e. The van der Waals surface area contributed by atoms with Crippen LogP contribution in [0.2, 0.25) is 0 Å². The number of allylic oxidation sites excluding steroid dienone is 4. The molecule has 52 heavy (non-hydrogen) atoms. The molecule has 0 radical (unpaired) electrons. The van der Waals surface area contributed by atoms with E-state index in [-0.39, 0.29) is 42.1 Å². The zero-order valence-corrected chi connectivity index (χ0v) is 36.4. The van der Waals surface area contributed by atoms with Gasteiger partial charge < -0.3 is 20.3 Å². The SMILES string of the molecule is Br.CCCCCCCC/C=C\CCCCCCCC(=O)OCC(C)(OC(=O)CCCCCCC/C=C\CCCCCCCC)C(C)(N)CCCCO. The summed E-state index contributed by atoms with van der Waals surface area (Å²) in [5, 5.41) is 9.28. The number of unbranched alkanes of at least 4 members (excludes halogenated alkanes) is 23. The van der Waals surface area contributed by atoms with E-state index in [0.717, 1.165) is 51.4 Å². The highest BCUT2D eigenvalue weighted by Crippen LogP contribution is 2.30. The molecule has 3 N–H and O–H groups in total. The molecule has 0 aliphatic carbocycles. The highest BCUT2D eigenvalue weighted by molar-refractivity contribution is 8.93. The Kier molecular flexibility index (Phi) is 38.8. The molecule has 0 saturated carbocycles. The number of aliphatic hydroxyl groups excluding tert-OH is 1. The summed E-state index contributed by atoms with van der Waals surface area (Å²) in [5.41, 5.74) is 4.69. The molecule has 308 valence electrons. The first kappa shape index (κ1) is 52.9. The lowest BCUT2D eigenvalue weighted by Crippen LogP contribution is -2.61. The van der Waals surface area contributed by atoms with E-state index in [9.17, 15) is 14.7 Å². The lowest BCUT2D eigenvalue weighted by molar-refractivity contribution is -0.180. The number of ether oxygens (including phenoxy) is 2. The van der Waals surface area contributed by atoms with Gasteiger partial charge in [-0.1, -0.05) is 141 Å². The van der Waals surface area contributed by atoms with Crippen molar-refractivity contribution in [1.29, 1.82) is 0 Å². The van der Waals surface area contributed by atoms with Gasteiger partial charge in [0.15, 0.2) is 5.60 Å². The Morgan fingerprint density at radius 3 is 1.31 bits per heavy atom. The second-order valence-electron chi connectivity index (χ2n) is 15.6. The fourth-order valence-electron chi connectivity index (χ4n) is 6.45. The molecular weight excluding hydrogens is 714 g/mol. The van der Waals surface area contributed by atoms with E-state index < -0.39 is 11.1 Å². The van der Waals surface area contributed by atoms with Crippen molar-refractivity contribution in [3.05, 3.63) is 24.3 Å². The minimum absolute atomic E-state index is 0. The lowest BCUT2D eigenvalue weighted by Gasteiger charge is -2.42. The van der Waals surface area contributed by atoms with Gasteiger partial charge in [0.05, 0.1) is 5.54 Å². The third-order valence-electron chi connectivity index (χ3n) is 10.4. The van der Waals surface area contributed by atoms with Gasteiger partial charge in [0.2, 0.25) is 0 Å². The van der Waals surface area contributed by atoms with Gasteiger partial charge in [0.1, 0.15) is 6.61 Å². The zero-order chi connectivity index (χ0) is 37.7. The summed E-state index contributed by atoms with van der Waals surface area (Å²) < 4.78 is 11.7. The van der Waals surface area contributed by atoms with E-state index in [4.69, 9.17) is 15.2 Å². The third-order valence-corrected chi connectivity index (χ3v) is 10.4. The fourth-order valence-corrected chi connectivity index (χ4v) is 6.45. The highest BCUT2D eigenvalue weighted by Gasteiger charge is 2.46. The third kappa shape index (κ3) is 32.3. The Hall–Kier alpha value is -1.18. The summed E-state index contributed by atoms with van der Waals surface area (Å²) in [6.45, 7) is 8.21. The summed E-state index contributed by atoms with van der Waals surface area (Å²) in [6, 6.07) is 0. The zero-order valence-electron chi connectivity index (χ0n) is 34.7. The van der Waals surface area contributed by atoms with Gasteiger partial charge in [-0.3, -0.25) is 9.59 Å². The first-order valence-electron chi connectivity index (χ1n) is 21.8. The first-order valence-corrected chi connectivity index (χ1v) is 21.8. The normalized spacial score (nSPS) is 14.0. The average Bonchev–Trinajstić information content (AvgIpc) is 3.10. The summed E-state index contributed by atoms with van der Waals surface area (Å²) in [5.74, 6) is -0.555. The molecule has 6 nitrogen and oxygen atoms in total. The topological polar surface area (TPSA) is 98.9 Å². The molecule has 0 spiro atoms. The minimum atomic E-state index is -1.14. The van der Waals surface area contributed by atoms with E-state index in [0.29, 0.717) is 32.1 Å². The van der Waals surface area contributed by atoms with Crippen LogP contribution in [0.15, 0.2) is 24.3 Å². The maximum absolute atomic E-state index is 13.0. The molecule has 7 heteroatoms. The molecule has 0 aliphatic rings. The van der Waals surface area contributed by atoms with Crippen LogP contribution in [0.3, 0.4) is 0 Å². The van der Waals surface area contributed by atoms with Crippen LogP contribution in [0.1, 0.15) is 227 Å². The largest absolute Gasteiger partial charge is 0.461 e. The molecule has 0 saturated heterocycles. The van der Waals surface area contributed by atoms with E-state index >= 15 is 0 Å². The summed E-state index contributed by atoms with van der Waals surface area (Å²) in [6.07, 6.45) is 43.4. The van der Waals surface area contributed by atoms with Crippen molar-refractivity contribution < 1.29 is 24.2 Å². The van der Waals surface area contributed by atoms with Gasteiger partial charge in [-0.15, -0.1) is 17.0 Å². The fraction of sp³-hybridized carbons (Fsp3) is 0.867. The average molecular weight is 801 g/mol. The van der Waals surface area contributed by atoms with Crippen LogP contribution < -0.4 is 5.73 Å². The number of nitrogens with two attached hydrogens (primary N) is 1. The summed E-state index contributed by atoms with van der Waals surface area (Å²) in [4.78, 5) is 25.6. The minimum Gasteiger partial charge on any atom is -0.461 e. The number of aliphatic hydroxyl groups is 1. The van der Waals surface area contributed by atoms with Crippen molar-refractivity contribution in [2.75, 3.05) is 13.2 Å². The van der Waals surface area contributed by atoms with Crippen LogP contribution >= 0.6 is 17.0 Å². The molecule has 0 heterocycles.